The largest absolute Gasteiger partial charge is 0.320 e. The molecule has 9 heteroatoms. The van der Waals surface area contributed by atoms with E-state index in [0.717, 1.165) is 22.2 Å². The molecule has 5 rings (SSSR count). The van der Waals surface area contributed by atoms with Gasteiger partial charge in [0.1, 0.15) is 11.5 Å². The topological polar surface area (TPSA) is 105 Å². The van der Waals surface area contributed by atoms with Crippen LogP contribution >= 0.6 is 0 Å². The first-order valence-electron chi connectivity index (χ1n) is 12.3. The second kappa shape index (κ2) is 10.7. The van der Waals surface area contributed by atoms with Crippen LogP contribution in [0.1, 0.15) is 18.1 Å². The van der Waals surface area contributed by atoms with Crippen LogP contribution in [0.3, 0.4) is 0 Å². The molecule has 0 bridgehead atoms. The number of benzene rings is 2. The molecule has 5 aromatic rings. The van der Waals surface area contributed by atoms with E-state index in [-0.39, 0.29) is 29.5 Å². The Kier molecular flexibility index (Phi) is 7.04. The third-order valence-corrected chi connectivity index (χ3v) is 6.60. The van der Waals surface area contributed by atoms with Crippen LogP contribution < -0.4 is 16.2 Å². The van der Waals surface area contributed by atoms with Crippen LogP contribution in [0.4, 0.5) is 10.1 Å². The molecule has 3 aromatic heterocycles. The van der Waals surface area contributed by atoms with Gasteiger partial charge in [-0.1, -0.05) is 12.1 Å². The van der Waals surface area contributed by atoms with Crippen molar-refractivity contribution in [3.63, 3.8) is 0 Å². The molecule has 0 spiro atoms. The number of amides is 1. The third-order valence-electron chi connectivity index (χ3n) is 6.60. The lowest BCUT2D eigenvalue weighted by atomic mass is 10.1. The zero-order valence-corrected chi connectivity index (χ0v) is 21.4. The summed E-state index contributed by atoms with van der Waals surface area (Å²) in [4.78, 5) is 30.6. The maximum absolute atomic E-state index is 13.7. The smallest absolute Gasteiger partial charge is 0.275 e. The molecule has 0 aliphatic heterocycles. The molecule has 2 aromatic carbocycles. The van der Waals surface area contributed by atoms with Gasteiger partial charge in [-0.3, -0.25) is 14.6 Å². The lowest BCUT2D eigenvalue weighted by Gasteiger charge is -2.17. The van der Waals surface area contributed by atoms with Crippen molar-refractivity contribution in [1.29, 1.82) is 5.26 Å². The Hall–Kier alpha value is -5.07. The maximum atomic E-state index is 13.7. The number of hydrogen-bond acceptors (Lipinski definition) is 5. The quantitative estimate of drug-likeness (QED) is 0.330. The van der Waals surface area contributed by atoms with Crippen molar-refractivity contribution in [3.8, 4) is 23.0 Å². The van der Waals surface area contributed by atoms with Gasteiger partial charge in [-0.05, 0) is 79.7 Å². The molecule has 8 nitrogen and oxygen atoms in total. The monoisotopic (exact) mass is 520 g/mol. The second-order valence-corrected chi connectivity index (χ2v) is 9.16. The van der Waals surface area contributed by atoms with E-state index in [1.807, 2.05) is 29.0 Å². The first-order chi connectivity index (χ1) is 18.9. The van der Waals surface area contributed by atoms with Gasteiger partial charge >= 0.3 is 0 Å². The van der Waals surface area contributed by atoms with E-state index in [4.69, 9.17) is 0 Å². The van der Waals surface area contributed by atoms with Gasteiger partial charge in [0.25, 0.3) is 5.56 Å². The number of carbonyl (C=O) groups is 1. The molecular weight excluding hydrogens is 495 g/mol. The summed E-state index contributed by atoms with van der Waals surface area (Å²) in [6, 6.07) is 20.3. The molecule has 39 heavy (non-hydrogen) atoms. The molecule has 1 atom stereocenters. The van der Waals surface area contributed by atoms with E-state index in [1.165, 1.54) is 12.1 Å². The Bertz CT molecular complexity index is 1800. The summed E-state index contributed by atoms with van der Waals surface area (Å²) in [6.07, 6.45) is 5.21. The van der Waals surface area contributed by atoms with Gasteiger partial charge < -0.3 is 19.8 Å². The van der Waals surface area contributed by atoms with E-state index in [9.17, 15) is 19.2 Å². The summed E-state index contributed by atoms with van der Waals surface area (Å²) < 4.78 is 17.2. The Morgan fingerprint density at radius 2 is 1.95 bits per heavy atom. The lowest BCUT2D eigenvalue weighted by Crippen LogP contribution is -2.37. The molecule has 0 fully saturated rings. The Balaban J connectivity index is 1.59. The number of halogens is 1. The first kappa shape index (κ1) is 25.6. The van der Waals surface area contributed by atoms with Crippen LogP contribution in [0.5, 0.6) is 0 Å². The molecule has 194 valence electrons. The van der Waals surface area contributed by atoms with Crippen LogP contribution in [0.2, 0.25) is 0 Å². The summed E-state index contributed by atoms with van der Waals surface area (Å²) in [5.41, 5.74) is 3.81. The number of rotatable bonds is 7. The van der Waals surface area contributed by atoms with Crippen molar-refractivity contribution < 1.29 is 9.18 Å². The minimum absolute atomic E-state index is 0.143. The van der Waals surface area contributed by atoms with Gasteiger partial charge in [0, 0.05) is 17.8 Å². The number of anilines is 1. The second-order valence-electron chi connectivity index (χ2n) is 9.16. The number of carbonyl (C=O) groups excluding carboxylic acids is 1. The van der Waals surface area contributed by atoms with Crippen molar-refractivity contribution in [2.75, 3.05) is 12.4 Å². The predicted octanol–water partition coefficient (Wildman–Crippen LogP) is 4.46. The minimum Gasteiger partial charge on any atom is -0.320 e. The van der Waals surface area contributed by atoms with Gasteiger partial charge in [0.05, 0.1) is 47.3 Å². The summed E-state index contributed by atoms with van der Waals surface area (Å²) in [5.74, 6) is -0.643. The molecule has 0 aliphatic carbocycles. The van der Waals surface area contributed by atoms with E-state index < -0.39 is 6.04 Å². The highest BCUT2D eigenvalue weighted by Gasteiger charge is 2.17. The van der Waals surface area contributed by atoms with Crippen LogP contribution in [0.25, 0.3) is 27.8 Å². The highest BCUT2D eigenvalue weighted by Crippen LogP contribution is 2.24. The molecule has 0 saturated heterocycles. The number of nitrogens with zero attached hydrogens (tertiary/aromatic N) is 4. The number of nitrogens with one attached hydrogen (secondary N) is 2. The number of pyridine rings is 2. The molecule has 3 heterocycles. The fourth-order valence-corrected chi connectivity index (χ4v) is 4.42. The zero-order valence-electron chi connectivity index (χ0n) is 21.4. The third kappa shape index (κ3) is 5.19. The highest BCUT2D eigenvalue weighted by atomic mass is 19.1. The molecule has 2 N–H and O–H groups in total. The van der Waals surface area contributed by atoms with Crippen LogP contribution in [0.15, 0.2) is 90.1 Å². The van der Waals surface area contributed by atoms with E-state index in [2.05, 4.69) is 21.7 Å². The first-order valence-corrected chi connectivity index (χ1v) is 12.3. The SMILES string of the molecule is CN[C@@H](C)C(=O)Nc1ccc(-c2cccc(C#N)c2)n(Cc2cncc(-n3ccc4cc(F)ccc43)c2)c1=O. The van der Waals surface area contributed by atoms with Gasteiger partial charge in [-0.15, -0.1) is 0 Å². The Morgan fingerprint density at radius 3 is 2.74 bits per heavy atom. The summed E-state index contributed by atoms with van der Waals surface area (Å²) in [7, 11) is 1.66. The van der Waals surface area contributed by atoms with Crippen molar-refractivity contribution in [2.24, 2.45) is 0 Å². The van der Waals surface area contributed by atoms with Crippen LogP contribution in [-0.2, 0) is 11.3 Å². The average Bonchev–Trinajstić information content (AvgIpc) is 3.38. The van der Waals surface area contributed by atoms with Gasteiger partial charge in [0.15, 0.2) is 0 Å². The van der Waals surface area contributed by atoms with Crippen LogP contribution in [0, 0.1) is 17.1 Å². The molecule has 0 saturated carbocycles. The Labute approximate surface area is 224 Å². The van der Waals surface area contributed by atoms with Crippen molar-refractivity contribution in [2.45, 2.75) is 19.5 Å². The summed E-state index contributed by atoms with van der Waals surface area (Å²) in [5, 5.41) is 15.7. The highest BCUT2D eigenvalue weighted by molar-refractivity contribution is 5.94. The normalized spacial score (nSPS) is 11.7. The van der Waals surface area contributed by atoms with E-state index >= 15 is 0 Å². The van der Waals surface area contributed by atoms with Gasteiger partial charge in [-0.2, -0.15) is 5.26 Å². The number of likely N-dealkylation sites (N-methyl/N-ethyl adjacent to an activating group) is 1. The number of aromatic nitrogens is 3. The molecule has 0 radical (unpaired) electrons. The minimum atomic E-state index is -0.490. The fourth-order valence-electron chi connectivity index (χ4n) is 4.42. The number of fused-ring (bicyclic) bond motifs is 1. The molecule has 0 aliphatic rings. The van der Waals surface area contributed by atoms with Crippen molar-refractivity contribution in [1.82, 2.24) is 19.4 Å². The Morgan fingerprint density at radius 1 is 1.10 bits per heavy atom. The summed E-state index contributed by atoms with van der Waals surface area (Å²) in [6.45, 7) is 1.86. The average molecular weight is 521 g/mol. The lowest BCUT2D eigenvalue weighted by molar-refractivity contribution is -0.117. The number of nitriles is 1. The van der Waals surface area contributed by atoms with E-state index in [1.54, 1.807) is 67.3 Å². The van der Waals surface area contributed by atoms with Crippen LogP contribution in [-0.4, -0.2) is 33.1 Å². The summed E-state index contributed by atoms with van der Waals surface area (Å²) >= 11 is 0. The van der Waals surface area contributed by atoms with Gasteiger partial charge in [0.2, 0.25) is 5.91 Å². The van der Waals surface area contributed by atoms with Crippen molar-refractivity contribution >= 4 is 22.5 Å². The number of hydrogen-bond donors (Lipinski definition) is 2. The molecular formula is C30H25FN6O2. The molecule has 1 amide bonds. The van der Waals surface area contributed by atoms with Crippen molar-refractivity contribution in [3.05, 3.63) is 113 Å². The predicted molar refractivity (Wildman–Crippen MR) is 148 cm³/mol. The van der Waals surface area contributed by atoms with Gasteiger partial charge in [-0.25, -0.2) is 4.39 Å². The maximum Gasteiger partial charge on any atom is 0.275 e. The zero-order chi connectivity index (χ0) is 27.5. The standard InChI is InChI=1S/C30H25FN6O2/c1-19(33-2)29(38)35-26-7-9-28(22-5-3-4-20(12-22)15-32)37(30(26)39)18-21-13-25(17-34-16-21)36-11-10-23-14-24(31)6-8-27(23)36/h3-14,16-17,19,33H,18H2,1-2H3,(H,35,38)/t19-/m0/s1. The fraction of sp³-hybridized carbons (Fsp3) is 0.133. The van der Waals surface area contributed by atoms with E-state index in [0.29, 0.717) is 16.8 Å². The molecule has 0 unspecified atom stereocenters.